The molecule has 7 heteroatoms. The first-order chi connectivity index (χ1) is 12.0. The average Bonchev–Trinajstić information content (AvgIpc) is 2.61. The van der Waals surface area contributed by atoms with Gasteiger partial charge in [-0.05, 0) is 18.6 Å². The Morgan fingerprint density at radius 3 is 2.56 bits per heavy atom. The number of carbonyl (C=O) groups is 1. The van der Waals surface area contributed by atoms with Gasteiger partial charge in [-0.25, -0.2) is 0 Å². The second-order valence-corrected chi connectivity index (χ2v) is 5.60. The maximum Gasteiger partial charge on any atom is 0.274 e. The predicted octanol–water partition coefficient (Wildman–Crippen LogP) is 2.56. The molecule has 0 aliphatic carbocycles. The molecule has 0 heterocycles. The van der Waals surface area contributed by atoms with Crippen LogP contribution in [0.4, 0.5) is 11.4 Å². The van der Waals surface area contributed by atoms with Gasteiger partial charge in [-0.1, -0.05) is 36.4 Å². The molecule has 2 aromatic carbocycles. The van der Waals surface area contributed by atoms with E-state index in [2.05, 4.69) is 10.6 Å². The van der Waals surface area contributed by atoms with Gasteiger partial charge in [0, 0.05) is 19.0 Å². The quantitative estimate of drug-likeness (QED) is 0.505. The van der Waals surface area contributed by atoms with E-state index in [1.54, 1.807) is 13.0 Å². The molecular formula is C18H21N3O4. The smallest absolute Gasteiger partial charge is 0.274 e. The second kappa shape index (κ2) is 8.91. The number of nitro groups is 1. The molecule has 0 fully saturated rings. The molecule has 0 bridgehead atoms. The third-order valence-corrected chi connectivity index (χ3v) is 3.90. The van der Waals surface area contributed by atoms with Crippen LogP contribution >= 0.6 is 0 Å². The molecule has 0 spiro atoms. The highest BCUT2D eigenvalue weighted by Crippen LogP contribution is 2.25. The molecule has 0 unspecified atom stereocenters. The van der Waals surface area contributed by atoms with Crippen LogP contribution in [0.5, 0.6) is 0 Å². The van der Waals surface area contributed by atoms with E-state index in [4.69, 9.17) is 0 Å². The van der Waals surface area contributed by atoms with E-state index in [0.29, 0.717) is 17.8 Å². The molecule has 1 atom stereocenters. The van der Waals surface area contributed by atoms with Gasteiger partial charge in [0.05, 0.1) is 28.8 Å². The zero-order valence-corrected chi connectivity index (χ0v) is 13.9. The minimum Gasteiger partial charge on any atom is -0.394 e. The molecule has 0 radical (unpaired) electrons. The van der Waals surface area contributed by atoms with Crippen molar-refractivity contribution in [2.24, 2.45) is 0 Å². The molecule has 0 aliphatic rings. The van der Waals surface area contributed by atoms with Gasteiger partial charge in [-0.3, -0.25) is 14.9 Å². The summed E-state index contributed by atoms with van der Waals surface area (Å²) in [5.74, 6) is -0.249. The fraction of sp³-hybridized carbons (Fsp3) is 0.278. The first-order valence-electron chi connectivity index (χ1n) is 7.96. The molecule has 25 heavy (non-hydrogen) atoms. The lowest BCUT2D eigenvalue weighted by atomic mass is 10.1. The molecule has 3 N–H and O–H groups in total. The Labute approximate surface area is 145 Å². The molecule has 132 valence electrons. The van der Waals surface area contributed by atoms with Crippen LogP contribution in [-0.4, -0.2) is 29.1 Å². The van der Waals surface area contributed by atoms with Crippen LogP contribution in [0.2, 0.25) is 0 Å². The zero-order chi connectivity index (χ0) is 18.2. The molecule has 2 rings (SSSR count). The highest BCUT2D eigenvalue weighted by atomic mass is 16.6. The number of nitro benzene ring substituents is 1. The third-order valence-electron chi connectivity index (χ3n) is 3.90. The van der Waals surface area contributed by atoms with Crippen molar-refractivity contribution in [3.05, 3.63) is 69.8 Å². The molecular weight excluding hydrogens is 322 g/mol. The van der Waals surface area contributed by atoms with Crippen molar-refractivity contribution in [1.82, 2.24) is 5.32 Å². The lowest BCUT2D eigenvalue weighted by molar-refractivity contribution is -0.385. The Morgan fingerprint density at radius 1 is 1.20 bits per heavy atom. The van der Waals surface area contributed by atoms with Crippen LogP contribution in [0.25, 0.3) is 0 Å². The number of nitrogens with zero attached hydrogens (tertiary/aromatic N) is 1. The number of nitrogens with one attached hydrogen (secondary N) is 2. The van der Waals surface area contributed by atoms with Gasteiger partial charge >= 0.3 is 0 Å². The number of benzene rings is 2. The Morgan fingerprint density at radius 2 is 1.92 bits per heavy atom. The van der Waals surface area contributed by atoms with Crippen molar-refractivity contribution in [2.75, 3.05) is 18.5 Å². The predicted molar refractivity (Wildman–Crippen MR) is 95.4 cm³/mol. The Bertz CT molecular complexity index is 734. The highest BCUT2D eigenvalue weighted by molar-refractivity contribution is 5.92. The Hall–Kier alpha value is -2.77. The molecule has 0 saturated heterocycles. The van der Waals surface area contributed by atoms with Crippen molar-refractivity contribution in [1.29, 1.82) is 0 Å². The summed E-state index contributed by atoms with van der Waals surface area (Å²) in [6.45, 7) is 1.90. The fourth-order valence-electron chi connectivity index (χ4n) is 2.50. The lowest BCUT2D eigenvalue weighted by Gasteiger charge is -2.16. The first-order valence-corrected chi connectivity index (χ1v) is 7.96. The number of aliphatic hydroxyl groups is 1. The number of anilines is 1. The standard InChI is InChI=1S/C18H21N3O4/c1-13-15(8-5-9-17(13)21(24)25)20-18(23)10-11-19-16(12-22)14-6-3-2-4-7-14/h2-9,16,19,22H,10-12H2,1H3,(H,20,23)/t16-/m0/s1. The summed E-state index contributed by atoms with van der Waals surface area (Å²) in [4.78, 5) is 22.5. The SMILES string of the molecule is Cc1c(NC(=O)CCN[C@@H](CO)c2ccccc2)cccc1[N+](=O)[O-]. The average molecular weight is 343 g/mol. The van der Waals surface area contributed by atoms with Gasteiger partial charge in [0.25, 0.3) is 5.69 Å². The van der Waals surface area contributed by atoms with E-state index in [0.717, 1.165) is 5.56 Å². The maximum absolute atomic E-state index is 12.1. The van der Waals surface area contributed by atoms with Crippen LogP contribution in [0.1, 0.15) is 23.6 Å². The van der Waals surface area contributed by atoms with Gasteiger partial charge < -0.3 is 15.7 Å². The van der Waals surface area contributed by atoms with E-state index in [1.165, 1.54) is 12.1 Å². The van der Waals surface area contributed by atoms with E-state index in [9.17, 15) is 20.0 Å². The van der Waals surface area contributed by atoms with E-state index >= 15 is 0 Å². The number of amides is 1. The number of hydrogen-bond acceptors (Lipinski definition) is 5. The first kappa shape index (κ1) is 18.6. The summed E-state index contributed by atoms with van der Waals surface area (Å²) in [7, 11) is 0. The summed E-state index contributed by atoms with van der Waals surface area (Å²) >= 11 is 0. The monoisotopic (exact) mass is 343 g/mol. The highest BCUT2D eigenvalue weighted by Gasteiger charge is 2.15. The van der Waals surface area contributed by atoms with Crippen LogP contribution in [0.15, 0.2) is 48.5 Å². The van der Waals surface area contributed by atoms with Crippen LogP contribution in [0.3, 0.4) is 0 Å². The number of hydrogen-bond donors (Lipinski definition) is 3. The molecule has 2 aromatic rings. The largest absolute Gasteiger partial charge is 0.394 e. The van der Waals surface area contributed by atoms with E-state index in [1.807, 2.05) is 30.3 Å². The summed E-state index contributed by atoms with van der Waals surface area (Å²) in [5.41, 5.74) is 1.77. The number of aliphatic hydroxyl groups excluding tert-OH is 1. The van der Waals surface area contributed by atoms with Crippen LogP contribution in [-0.2, 0) is 4.79 Å². The molecule has 1 amide bonds. The summed E-state index contributed by atoms with van der Waals surface area (Å²) in [5, 5.41) is 26.2. The second-order valence-electron chi connectivity index (χ2n) is 5.60. The number of carbonyl (C=O) groups excluding carboxylic acids is 1. The van der Waals surface area contributed by atoms with Crippen molar-refractivity contribution in [2.45, 2.75) is 19.4 Å². The van der Waals surface area contributed by atoms with Crippen molar-refractivity contribution in [3.8, 4) is 0 Å². The Balaban J connectivity index is 1.89. The van der Waals surface area contributed by atoms with Crippen molar-refractivity contribution < 1.29 is 14.8 Å². The molecule has 0 saturated carbocycles. The van der Waals surface area contributed by atoms with Gasteiger partial charge in [0.15, 0.2) is 0 Å². The summed E-state index contributed by atoms with van der Waals surface area (Å²) in [6, 6.07) is 13.8. The number of rotatable bonds is 8. The maximum atomic E-state index is 12.1. The third kappa shape index (κ3) is 5.10. The Kier molecular flexibility index (Phi) is 6.62. The van der Waals surface area contributed by atoms with Gasteiger partial charge in [-0.2, -0.15) is 0 Å². The fourth-order valence-corrected chi connectivity index (χ4v) is 2.50. The molecule has 0 aliphatic heterocycles. The minimum atomic E-state index is -0.474. The summed E-state index contributed by atoms with van der Waals surface area (Å²) in [6.07, 6.45) is 0.186. The summed E-state index contributed by atoms with van der Waals surface area (Å²) < 4.78 is 0. The van der Waals surface area contributed by atoms with Gasteiger partial charge in [0.1, 0.15) is 0 Å². The zero-order valence-electron chi connectivity index (χ0n) is 13.9. The van der Waals surface area contributed by atoms with Crippen molar-refractivity contribution >= 4 is 17.3 Å². The lowest BCUT2D eigenvalue weighted by Crippen LogP contribution is -2.28. The minimum absolute atomic E-state index is 0.0275. The van der Waals surface area contributed by atoms with E-state index < -0.39 is 4.92 Å². The normalized spacial score (nSPS) is 11.8. The molecule has 7 nitrogen and oxygen atoms in total. The van der Waals surface area contributed by atoms with E-state index in [-0.39, 0.29) is 30.7 Å². The van der Waals surface area contributed by atoms with Gasteiger partial charge in [-0.15, -0.1) is 0 Å². The van der Waals surface area contributed by atoms with Crippen LogP contribution < -0.4 is 10.6 Å². The van der Waals surface area contributed by atoms with Gasteiger partial charge in [0.2, 0.25) is 5.91 Å². The van der Waals surface area contributed by atoms with Crippen molar-refractivity contribution in [3.63, 3.8) is 0 Å². The van der Waals surface area contributed by atoms with Crippen LogP contribution in [0, 0.1) is 17.0 Å². The topological polar surface area (TPSA) is 104 Å². The molecule has 0 aromatic heterocycles.